The maximum Gasteiger partial charge on any atom is 1.00 e. The molecule has 0 spiro atoms. The van der Waals surface area contributed by atoms with Gasteiger partial charge in [0.25, 0.3) is 0 Å². The molecule has 0 fully saturated rings. The van der Waals surface area contributed by atoms with E-state index >= 15 is 0 Å². The van der Waals surface area contributed by atoms with Crippen molar-refractivity contribution in [1.29, 1.82) is 5.26 Å². The van der Waals surface area contributed by atoms with Crippen LogP contribution in [0.1, 0.15) is 6.92 Å². The van der Waals surface area contributed by atoms with Crippen molar-refractivity contribution in [3.63, 3.8) is 0 Å². The van der Waals surface area contributed by atoms with Crippen LogP contribution in [0.15, 0.2) is 273 Å². The summed E-state index contributed by atoms with van der Waals surface area (Å²) >= 11 is 0. The van der Waals surface area contributed by atoms with Gasteiger partial charge >= 0.3 is 17.1 Å². The van der Waals surface area contributed by atoms with E-state index in [1.165, 1.54) is 54.7 Å². The smallest absolute Gasteiger partial charge is 0.222 e. The summed E-state index contributed by atoms with van der Waals surface area (Å²) in [5.74, 6) is 0. The first kappa shape index (κ1) is 53.0. The summed E-state index contributed by atoms with van der Waals surface area (Å²) in [6.45, 7) is 1.43. The molecule has 0 saturated heterocycles. The van der Waals surface area contributed by atoms with E-state index in [4.69, 9.17) is 23.9 Å². The Kier molecular flexibility index (Phi) is 24.0. The van der Waals surface area contributed by atoms with Crippen LogP contribution < -0.4 is 66.4 Å². The quantitative estimate of drug-likeness (QED) is 0.144. The van der Waals surface area contributed by atoms with Crippen LogP contribution in [-0.4, -0.2) is 0 Å². The third kappa shape index (κ3) is 18.4. The molecule has 0 N–H and O–H groups in total. The van der Waals surface area contributed by atoms with Gasteiger partial charge < -0.3 is 0 Å². The molecule has 0 atom stereocenters. The Balaban J connectivity index is 0.000000198. The Hall–Kier alpha value is -5.59. The van der Waals surface area contributed by atoms with Gasteiger partial charge in [0, 0.05) is 6.92 Å². The van der Waals surface area contributed by atoms with E-state index in [9.17, 15) is 0 Å². The van der Waals surface area contributed by atoms with E-state index in [2.05, 4.69) is 273 Å². The van der Waals surface area contributed by atoms with Crippen molar-refractivity contribution >= 4 is 71.5 Å². The summed E-state index contributed by atoms with van der Waals surface area (Å²) in [6, 6.07) is 99.2. The van der Waals surface area contributed by atoms with Crippen LogP contribution in [0.4, 0.5) is 0 Å². The molecular weight excluding hydrogens is 943 g/mol. The van der Waals surface area contributed by atoms with Gasteiger partial charge in [-0.3, -0.25) is 0 Å². The summed E-state index contributed by atoms with van der Waals surface area (Å²) < 4.78 is 34.0. The molecule has 0 aliphatic heterocycles. The molecule has 9 aromatic rings. The minimum Gasteiger partial charge on any atom is -0.222 e. The minimum atomic E-state index is -4.94. The molecule has 0 aromatic heterocycles. The number of hydrogen-bond acceptors (Lipinski definition) is 5. The van der Waals surface area contributed by atoms with Crippen molar-refractivity contribution in [2.75, 3.05) is 0 Å². The van der Waals surface area contributed by atoms with Gasteiger partial charge in [-0.1, -0.05) is 164 Å². The average molecular weight is 994 g/mol. The topological polar surface area (TPSA) is 116 Å². The molecule has 334 valence electrons. The SMILES string of the molecule is CC#N.[Cu+].[O-][Cl+3]([O-])([O-])[O-].c1ccc([PH+](c2ccccc2)c2ccccc2)cc1.c1ccc([PH+](c2ccccc2)c2ccccc2)cc1.c1ccc([PH+](c2ccccc2)c2ccccc2)cc1. The Morgan fingerprint density at radius 1 is 0.273 bits per heavy atom. The Morgan fingerprint density at radius 2 is 0.348 bits per heavy atom. The summed E-state index contributed by atoms with van der Waals surface area (Å²) in [6.07, 6.45) is 0. The van der Waals surface area contributed by atoms with Crippen molar-refractivity contribution in [3.8, 4) is 6.07 Å². The Morgan fingerprint density at radius 3 is 0.424 bits per heavy atom. The second kappa shape index (κ2) is 29.8. The van der Waals surface area contributed by atoms with Gasteiger partial charge in [0.1, 0.15) is 47.7 Å². The molecule has 10 heteroatoms. The van der Waals surface area contributed by atoms with E-state index < -0.39 is 34.0 Å². The maximum absolute atomic E-state index is 8.49. The van der Waals surface area contributed by atoms with Crippen molar-refractivity contribution in [2.45, 2.75) is 6.92 Å². The van der Waals surface area contributed by atoms with E-state index in [0.29, 0.717) is 0 Å². The van der Waals surface area contributed by atoms with Crippen LogP contribution in [0.5, 0.6) is 0 Å². The zero-order valence-corrected chi connectivity index (χ0v) is 40.9. The molecule has 0 aliphatic carbocycles. The molecule has 0 heterocycles. The van der Waals surface area contributed by atoms with E-state index in [-0.39, 0.29) is 17.1 Å². The van der Waals surface area contributed by atoms with Gasteiger partial charge in [-0.2, -0.15) is 5.26 Å². The van der Waals surface area contributed by atoms with Crippen LogP contribution in [0.25, 0.3) is 0 Å². The van der Waals surface area contributed by atoms with Crippen LogP contribution >= 0.6 is 23.8 Å². The summed E-state index contributed by atoms with van der Waals surface area (Å²) in [4.78, 5) is 0. The third-order valence-electron chi connectivity index (χ3n) is 9.56. The van der Waals surface area contributed by atoms with Gasteiger partial charge in [-0.25, -0.2) is 18.6 Å². The fraction of sp³-hybridized carbons (Fsp3) is 0.0179. The van der Waals surface area contributed by atoms with Crippen molar-refractivity contribution < 1.29 is 45.9 Å². The van der Waals surface area contributed by atoms with Crippen molar-refractivity contribution in [2.24, 2.45) is 0 Å². The first-order chi connectivity index (χ1) is 31.8. The predicted octanol–water partition coefficient (Wildman–Crippen LogP) is 5.30. The first-order valence-corrected chi connectivity index (χ1v) is 26.5. The number of rotatable bonds is 9. The summed E-state index contributed by atoms with van der Waals surface area (Å²) in [5.41, 5.74) is 0. The second-order valence-electron chi connectivity index (χ2n) is 14.0. The number of nitrogens with zero attached hydrogens (tertiary/aromatic N) is 1. The Labute approximate surface area is 406 Å². The molecule has 9 aromatic carbocycles. The van der Waals surface area contributed by atoms with Crippen LogP contribution in [0, 0.1) is 21.6 Å². The van der Waals surface area contributed by atoms with E-state index in [1.807, 2.05) is 0 Å². The number of nitriles is 1. The molecule has 66 heavy (non-hydrogen) atoms. The predicted molar refractivity (Wildman–Crippen MR) is 271 cm³/mol. The zero-order valence-electron chi connectivity index (χ0n) is 36.2. The molecule has 9 rings (SSSR count). The third-order valence-corrected chi connectivity index (χ3v) is 17.8. The van der Waals surface area contributed by atoms with Crippen LogP contribution in [0.2, 0.25) is 0 Å². The second-order valence-corrected chi connectivity index (χ2v) is 22.2. The molecule has 0 radical (unpaired) electrons. The van der Waals surface area contributed by atoms with E-state index in [1.54, 1.807) is 6.07 Å². The Bertz CT molecular complexity index is 2090. The standard InChI is InChI=1S/3C18H15P.C2H3N.ClHO4.Cu/c3*1-4-10-16(11-5-1)19(17-12-6-2-7-13-17)18-14-8-3-9-15-18;1-2-3;2-1(3,4)5;/h3*1-15H;1H3;(H,2,3,4,5);/q;;;;;+1/p+2. The fourth-order valence-corrected chi connectivity index (χ4v) is 14.7. The van der Waals surface area contributed by atoms with Crippen molar-refractivity contribution in [1.82, 2.24) is 0 Å². The van der Waals surface area contributed by atoms with Gasteiger partial charge in [-0.05, 0) is 109 Å². The van der Waals surface area contributed by atoms with Crippen molar-refractivity contribution in [3.05, 3.63) is 273 Å². The fourth-order valence-electron chi connectivity index (χ4n) is 6.94. The molecule has 5 nitrogen and oxygen atoms in total. The summed E-state index contributed by atoms with van der Waals surface area (Å²) in [7, 11) is -7.58. The summed E-state index contributed by atoms with van der Waals surface area (Å²) in [5, 5.41) is 20.2. The normalized spacial score (nSPS) is 10.2. The molecule has 0 bridgehead atoms. The number of halogens is 1. The molecular formula is C56H51ClCuNO4P3+3. The van der Waals surface area contributed by atoms with Gasteiger partial charge in [0.05, 0.1) is 29.8 Å². The maximum atomic E-state index is 8.49. The monoisotopic (exact) mass is 992 g/mol. The molecule has 0 amide bonds. The van der Waals surface area contributed by atoms with Crippen LogP contribution in [-0.2, 0) is 17.1 Å². The zero-order chi connectivity index (χ0) is 46.0. The first-order valence-electron chi connectivity index (χ1n) is 20.8. The van der Waals surface area contributed by atoms with Gasteiger partial charge in [-0.15, -0.1) is 10.2 Å². The number of benzene rings is 9. The average Bonchev–Trinajstić information content (AvgIpc) is 3.35. The largest absolute Gasteiger partial charge is 1.00 e. The van der Waals surface area contributed by atoms with Gasteiger partial charge in [0.2, 0.25) is 0 Å². The van der Waals surface area contributed by atoms with Gasteiger partial charge in [0.15, 0.2) is 0 Å². The van der Waals surface area contributed by atoms with Crippen LogP contribution in [0.3, 0.4) is 0 Å². The molecule has 0 aliphatic rings. The number of hydrogen-bond donors (Lipinski definition) is 0. The minimum absolute atomic E-state index is 0. The molecule has 0 unspecified atom stereocenters. The van der Waals surface area contributed by atoms with E-state index in [0.717, 1.165) is 0 Å². The molecule has 0 saturated carbocycles.